The van der Waals surface area contributed by atoms with Gasteiger partial charge in [-0.2, -0.15) is 0 Å². The third kappa shape index (κ3) is 6.22. The number of benzene rings is 2. The molecule has 0 radical (unpaired) electrons. The van der Waals surface area contributed by atoms with E-state index in [1.54, 1.807) is 13.2 Å². The number of hydrogen-bond acceptors (Lipinski definition) is 3. The zero-order chi connectivity index (χ0) is 16.7. The highest BCUT2D eigenvalue weighted by molar-refractivity contribution is 7.89. The van der Waals surface area contributed by atoms with Crippen molar-refractivity contribution in [2.45, 2.75) is 12.8 Å². The molecule has 0 fully saturated rings. The fourth-order valence-electron chi connectivity index (χ4n) is 2.20. The van der Waals surface area contributed by atoms with Crippen LogP contribution in [0.5, 0.6) is 5.75 Å². The van der Waals surface area contributed by atoms with Crippen molar-refractivity contribution >= 4 is 21.6 Å². The highest BCUT2D eigenvalue weighted by Gasteiger charge is 2.10. The maximum Gasteiger partial charge on any atom is 0.211 e. The van der Waals surface area contributed by atoms with Gasteiger partial charge in [-0.15, -0.1) is 0 Å². The Morgan fingerprint density at radius 1 is 1.04 bits per heavy atom. The lowest BCUT2D eigenvalue weighted by Crippen LogP contribution is -2.29. The molecule has 2 aromatic rings. The molecule has 0 amide bonds. The topological polar surface area (TPSA) is 55.4 Å². The van der Waals surface area contributed by atoms with Gasteiger partial charge in [-0.05, 0) is 48.2 Å². The normalized spacial score (nSPS) is 11.4. The van der Waals surface area contributed by atoms with Crippen molar-refractivity contribution in [1.82, 2.24) is 4.72 Å². The lowest BCUT2D eigenvalue weighted by atomic mass is 10.2. The Morgan fingerprint density at radius 3 is 2.43 bits per heavy atom. The predicted molar refractivity (Wildman–Crippen MR) is 93.6 cm³/mol. The van der Waals surface area contributed by atoms with Gasteiger partial charge in [-0.25, -0.2) is 13.1 Å². The maximum absolute atomic E-state index is 12.0. The molecule has 23 heavy (non-hydrogen) atoms. The van der Waals surface area contributed by atoms with Crippen LogP contribution in [0.3, 0.4) is 0 Å². The first-order chi connectivity index (χ1) is 11.0. The number of sulfonamides is 1. The van der Waals surface area contributed by atoms with Crippen molar-refractivity contribution in [1.29, 1.82) is 0 Å². The van der Waals surface area contributed by atoms with Gasteiger partial charge in [-0.1, -0.05) is 35.9 Å². The average Bonchev–Trinajstić information content (AvgIpc) is 2.53. The second kappa shape index (κ2) is 8.34. The van der Waals surface area contributed by atoms with Gasteiger partial charge in [0.05, 0.1) is 12.9 Å². The largest absolute Gasteiger partial charge is 0.497 e. The Bertz CT molecular complexity index is 747. The molecule has 0 saturated carbocycles. The second-order valence-corrected chi connectivity index (χ2v) is 7.56. The summed E-state index contributed by atoms with van der Waals surface area (Å²) in [4.78, 5) is 0. The number of halogens is 1. The van der Waals surface area contributed by atoms with Crippen LogP contribution in [0.1, 0.15) is 11.1 Å². The summed E-state index contributed by atoms with van der Waals surface area (Å²) in [5, 5.41) is 0.656. The van der Waals surface area contributed by atoms with Crippen molar-refractivity contribution in [2.75, 3.05) is 19.4 Å². The van der Waals surface area contributed by atoms with E-state index in [1.165, 1.54) is 0 Å². The summed E-state index contributed by atoms with van der Waals surface area (Å²) >= 11 is 5.91. The molecule has 0 spiro atoms. The van der Waals surface area contributed by atoms with Gasteiger partial charge < -0.3 is 4.74 Å². The van der Waals surface area contributed by atoms with E-state index in [0.717, 1.165) is 16.9 Å². The summed E-state index contributed by atoms with van der Waals surface area (Å²) in [6, 6.07) is 14.8. The lowest BCUT2D eigenvalue weighted by molar-refractivity contribution is 0.414. The zero-order valence-electron chi connectivity index (χ0n) is 13.0. The van der Waals surface area contributed by atoms with E-state index in [0.29, 0.717) is 24.4 Å². The highest BCUT2D eigenvalue weighted by atomic mass is 35.5. The second-order valence-electron chi connectivity index (χ2n) is 5.19. The molecule has 6 heteroatoms. The number of hydrogen-bond donors (Lipinski definition) is 1. The van der Waals surface area contributed by atoms with Crippen molar-refractivity contribution in [2.24, 2.45) is 0 Å². The third-order valence-electron chi connectivity index (χ3n) is 3.42. The standard InChI is InChI=1S/C17H20ClNO3S/c1-22-17-7-3-5-15(13-17)9-11-23(20,21)19-10-8-14-4-2-6-16(18)12-14/h2-7,12-13,19H,8-11H2,1H3. The molecule has 4 nitrogen and oxygen atoms in total. The van der Waals surface area contributed by atoms with Crippen molar-refractivity contribution < 1.29 is 13.2 Å². The molecular formula is C17H20ClNO3S. The molecular weight excluding hydrogens is 334 g/mol. The summed E-state index contributed by atoms with van der Waals surface area (Å²) in [5.41, 5.74) is 1.94. The Balaban J connectivity index is 1.82. The Morgan fingerprint density at radius 2 is 1.74 bits per heavy atom. The molecule has 1 N–H and O–H groups in total. The van der Waals surface area contributed by atoms with E-state index in [9.17, 15) is 8.42 Å². The lowest BCUT2D eigenvalue weighted by Gasteiger charge is -2.08. The van der Waals surface area contributed by atoms with E-state index in [1.807, 2.05) is 42.5 Å². The summed E-state index contributed by atoms with van der Waals surface area (Å²) in [6.07, 6.45) is 1.06. The highest BCUT2D eigenvalue weighted by Crippen LogP contribution is 2.13. The number of aryl methyl sites for hydroxylation is 1. The number of nitrogens with one attached hydrogen (secondary N) is 1. The molecule has 0 saturated heterocycles. The summed E-state index contributed by atoms with van der Waals surface area (Å²) in [7, 11) is -1.71. The molecule has 2 aromatic carbocycles. The minimum absolute atomic E-state index is 0.0513. The smallest absolute Gasteiger partial charge is 0.211 e. The molecule has 0 aliphatic heterocycles. The van der Waals surface area contributed by atoms with Crippen LogP contribution in [0.4, 0.5) is 0 Å². The quantitative estimate of drug-likeness (QED) is 0.793. The van der Waals surface area contributed by atoms with Gasteiger partial charge in [0.15, 0.2) is 0 Å². The van der Waals surface area contributed by atoms with Gasteiger partial charge >= 0.3 is 0 Å². The van der Waals surface area contributed by atoms with Crippen LogP contribution in [-0.2, 0) is 22.9 Å². The van der Waals surface area contributed by atoms with Crippen LogP contribution >= 0.6 is 11.6 Å². The SMILES string of the molecule is COc1cccc(CCS(=O)(=O)NCCc2cccc(Cl)c2)c1. The molecule has 124 valence electrons. The minimum Gasteiger partial charge on any atom is -0.497 e. The molecule has 2 rings (SSSR count). The van der Waals surface area contributed by atoms with Gasteiger partial charge in [0.2, 0.25) is 10.0 Å². The first-order valence-electron chi connectivity index (χ1n) is 7.33. The van der Waals surface area contributed by atoms with Gasteiger partial charge in [0.1, 0.15) is 5.75 Å². The molecule has 0 heterocycles. The van der Waals surface area contributed by atoms with Crippen molar-refractivity contribution in [3.63, 3.8) is 0 Å². The Hall–Kier alpha value is -1.56. The van der Waals surface area contributed by atoms with E-state index < -0.39 is 10.0 Å². The van der Waals surface area contributed by atoms with Crippen molar-refractivity contribution in [3.05, 3.63) is 64.7 Å². The van der Waals surface area contributed by atoms with E-state index >= 15 is 0 Å². The molecule has 0 aliphatic carbocycles. The van der Waals surface area contributed by atoms with Crippen LogP contribution in [0.2, 0.25) is 5.02 Å². The van der Waals surface area contributed by atoms with Gasteiger partial charge in [0.25, 0.3) is 0 Å². The maximum atomic E-state index is 12.0. The van der Waals surface area contributed by atoms with Crippen LogP contribution < -0.4 is 9.46 Å². The van der Waals surface area contributed by atoms with E-state index in [2.05, 4.69) is 4.72 Å². The van der Waals surface area contributed by atoms with Gasteiger partial charge in [-0.3, -0.25) is 0 Å². The Labute approximate surface area is 142 Å². The molecule has 0 atom stereocenters. The number of ether oxygens (including phenoxy) is 1. The third-order valence-corrected chi connectivity index (χ3v) is 5.04. The van der Waals surface area contributed by atoms with Crippen LogP contribution in [0.15, 0.2) is 48.5 Å². The average molecular weight is 354 g/mol. The van der Waals surface area contributed by atoms with E-state index in [-0.39, 0.29) is 5.75 Å². The van der Waals surface area contributed by atoms with Gasteiger partial charge in [0, 0.05) is 11.6 Å². The van der Waals surface area contributed by atoms with Crippen molar-refractivity contribution in [3.8, 4) is 5.75 Å². The summed E-state index contributed by atoms with van der Waals surface area (Å²) < 4.78 is 31.9. The Kier molecular flexibility index (Phi) is 6.45. The molecule has 0 bridgehead atoms. The van der Waals surface area contributed by atoms with Crippen LogP contribution in [0.25, 0.3) is 0 Å². The molecule has 0 aromatic heterocycles. The molecule has 0 aliphatic rings. The first kappa shape index (κ1) is 17.8. The fourth-order valence-corrected chi connectivity index (χ4v) is 3.47. The van der Waals surface area contributed by atoms with Crippen LogP contribution in [-0.4, -0.2) is 27.8 Å². The fraction of sp³-hybridized carbons (Fsp3) is 0.294. The zero-order valence-corrected chi connectivity index (χ0v) is 14.5. The number of methoxy groups -OCH3 is 1. The van der Waals surface area contributed by atoms with Crippen LogP contribution in [0, 0.1) is 0 Å². The minimum atomic E-state index is -3.30. The summed E-state index contributed by atoms with van der Waals surface area (Å²) in [5.74, 6) is 0.782. The molecule has 0 unspecified atom stereocenters. The first-order valence-corrected chi connectivity index (χ1v) is 9.36. The number of rotatable bonds is 8. The predicted octanol–water partition coefficient (Wildman–Crippen LogP) is 3.05. The summed E-state index contributed by atoms with van der Waals surface area (Å²) in [6.45, 7) is 0.362. The van der Waals surface area contributed by atoms with E-state index in [4.69, 9.17) is 16.3 Å². The monoisotopic (exact) mass is 353 g/mol.